The van der Waals surface area contributed by atoms with E-state index in [2.05, 4.69) is 10.1 Å². The van der Waals surface area contributed by atoms with Crippen LogP contribution in [0.3, 0.4) is 0 Å². The van der Waals surface area contributed by atoms with Gasteiger partial charge in [-0.15, -0.1) is 0 Å². The van der Waals surface area contributed by atoms with E-state index in [9.17, 15) is 4.79 Å². The molecule has 17 heavy (non-hydrogen) atoms. The van der Waals surface area contributed by atoms with E-state index >= 15 is 0 Å². The molecule has 0 aliphatic heterocycles. The highest BCUT2D eigenvalue weighted by Gasteiger charge is 2.32. The van der Waals surface area contributed by atoms with Crippen LogP contribution in [0.25, 0.3) is 0 Å². The van der Waals surface area contributed by atoms with Crippen molar-refractivity contribution in [1.82, 2.24) is 10.1 Å². The smallest absolute Gasteiger partial charge is 0.240 e. The number of carbonyl (C=O) groups excluding carboxylic acids is 1. The maximum atomic E-state index is 12.0. The van der Waals surface area contributed by atoms with Gasteiger partial charge in [-0.2, -0.15) is 4.98 Å². The third-order valence-corrected chi connectivity index (χ3v) is 3.74. The summed E-state index contributed by atoms with van der Waals surface area (Å²) in [7, 11) is 0. The summed E-state index contributed by atoms with van der Waals surface area (Å²) in [4.78, 5) is 16.1. The maximum Gasteiger partial charge on any atom is 0.240 e. The molecule has 0 saturated heterocycles. The quantitative estimate of drug-likeness (QED) is 0.784. The van der Waals surface area contributed by atoms with E-state index < -0.39 is 6.04 Å². The Morgan fingerprint density at radius 3 is 2.76 bits per heavy atom. The lowest BCUT2D eigenvalue weighted by Crippen LogP contribution is -2.35. The van der Waals surface area contributed by atoms with Crippen LogP contribution in [0.2, 0.25) is 0 Å². The van der Waals surface area contributed by atoms with Crippen molar-refractivity contribution in [2.75, 3.05) is 0 Å². The van der Waals surface area contributed by atoms with Crippen LogP contribution in [0.5, 0.6) is 0 Å². The van der Waals surface area contributed by atoms with Crippen LogP contribution >= 0.6 is 0 Å². The maximum absolute atomic E-state index is 12.0. The van der Waals surface area contributed by atoms with Crippen molar-refractivity contribution in [2.45, 2.75) is 50.5 Å². The molecule has 5 heteroatoms. The highest BCUT2D eigenvalue weighted by molar-refractivity contribution is 5.96. The van der Waals surface area contributed by atoms with Gasteiger partial charge in [-0.25, -0.2) is 0 Å². The third-order valence-electron chi connectivity index (χ3n) is 3.74. The first-order valence-electron chi connectivity index (χ1n) is 6.37. The number of ketones is 1. The SMILES string of the molecule is NC(CC1CCC1)C(=O)c1noc(C2CC2)n1. The zero-order valence-electron chi connectivity index (χ0n) is 9.76. The van der Waals surface area contributed by atoms with E-state index in [-0.39, 0.29) is 11.6 Å². The molecule has 1 atom stereocenters. The topological polar surface area (TPSA) is 82.0 Å². The Morgan fingerprint density at radius 1 is 1.41 bits per heavy atom. The summed E-state index contributed by atoms with van der Waals surface area (Å²) < 4.78 is 5.07. The molecule has 1 heterocycles. The minimum Gasteiger partial charge on any atom is -0.339 e. The Kier molecular flexibility index (Phi) is 2.70. The molecule has 2 aliphatic carbocycles. The van der Waals surface area contributed by atoms with Crippen molar-refractivity contribution in [2.24, 2.45) is 11.7 Å². The molecule has 0 aromatic carbocycles. The van der Waals surface area contributed by atoms with Gasteiger partial charge in [0, 0.05) is 5.92 Å². The van der Waals surface area contributed by atoms with Crippen LogP contribution < -0.4 is 5.73 Å². The summed E-state index contributed by atoms with van der Waals surface area (Å²) in [6, 6.07) is -0.468. The number of rotatable bonds is 5. The second-order valence-corrected chi connectivity index (χ2v) is 5.23. The number of nitrogens with two attached hydrogens (primary N) is 1. The fourth-order valence-electron chi connectivity index (χ4n) is 2.19. The minimum absolute atomic E-state index is 0.165. The summed E-state index contributed by atoms with van der Waals surface area (Å²) in [5.41, 5.74) is 5.89. The first-order chi connectivity index (χ1) is 8.24. The summed E-state index contributed by atoms with van der Waals surface area (Å²) >= 11 is 0. The Bertz CT molecular complexity index is 421. The van der Waals surface area contributed by atoms with Crippen LogP contribution in [-0.2, 0) is 0 Å². The molecular weight excluding hydrogens is 218 g/mol. The number of nitrogens with zero attached hydrogens (tertiary/aromatic N) is 2. The molecular formula is C12H17N3O2. The number of hydrogen-bond donors (Lipinski definition) is 1. The van der Waals surface area contributed by atoms with E-state index in [0.717, 1.165) is 19.3 Å². The van der Waals surface area contributed by atoms with Gasteiger partial charge >= 0.3 is 0 Å². The van der Waals surface area contributed by atoms with Crippen LogP contribution in [0.15, 0.2) is 4.52 Å². The van der Waals surface area contributed by atoms with Crippen molar-refractivity contribution < 1.29 is 9.32 Å². The summed E-state index contributed by atoms with van der Waals surface area (Å²) in [5, 5.41) is 3.73. The molecule has 2 fully saturated rings. The number of aromatic nitrogens is 2. The third kappa shape index (κ3) is 2.24. The van der Waals surface area contributed by atoms with Gasteiger partial charge in [-0.3, -0.25) is 4.79 Å². The molecule has 1 aromatic heterocycles. The first-order valence-corrected chi connectivity index (χ1v) is 6.37. The Balaban J connectivity index is 1.62. The predicted octanol–water partition coefficient (Wildman–Crippen LogP) is 1.65. The lowest BCUT2D eigenvalue weighted by Gasteiger charge is -2.26. The number of Topliss-reactive ketones (excluding diaryl/α,β-unsaturated/α-hetero) is 1. The van der Waals surface area contributed by atoms with Gasteiger partial charge in [0.2, 0.25) is 17.5 Å². The highest BCUT2D eigenvalue weighted by Crippen LogP contribution is 2.39. The molecule has 0 bridgehead atoms. The fourth-order valence-corrected chi connectivity index (χ4v) is 2.19. The van der Waals surface area contributed by atoms with Crippen molar-refractivity contribution in [1.29, 1.82) is 0 Å². The molecule has 0 spiro atoms. The summed E-state index contributed by atoms with van der Waals surface area (Å²) in [5.74, 6) is 1.59. The summed E-state index contributed by atoms with van der Waals surface area (Å²) in [6.07, 6.45) is 6.58. The van der Waals surface area contributed by atoms with Crippen molar-refractivity contribution >= 4 is 5.78 Å². The Hall–Kier alpha value is -1.23. The standard InChI is InChI=1S/C12H17N3O2/c13-9(6-7-2-1-3-7)10(16)11-14-12(17-15-11)8-4-5-8/h7-9H,1-6,13H2. The molecule has 0 radical (unpaired) electrons. The first kappa shape index (κ1) is 10.9. The van der Waals surface area contributed by atoms with E-state index in [0.29, 0.717) is 17.7 Å². The molecule has 3 rings (SSSR count). The molecule has 2 aliphatic rings. The van der Waals surface area contributed by atoms with E-state index in [1.165, 1.54) is 19.3 Å². The van der Waals surface area contributed by atoms with Gasteiger partial charge in [0.15, 0.2) is 0 Å². The minimum atomic E-state index is -0.468. The van der Waals surface area contributed by atoms with Gasteiger partial charge in [-0.05, 0) is 25.2 Å². The molecule has 5 nitrogen and oxygen atoms in total. The molecule has 0 amide bonds. The van der Waals surface area contributed by atoms with Gasteiger partial charge in [0.25, 0.3) is 0 Å². The molecule has 2 N–H and O–H groups in total. The monoisotopic (exact) mass is 235 g/mol. The molecule has 1 aromatic rings. The zero-order valence-corrected chi connectivity index (χ0v) is 9.76. The second-order valence-electron chi connectivity index (χ2n) is 5.23. The van der Waals surface area contributed by atoms with Gasteiger partial charge in [0.1, 0.15) is 0 Å². The molecule has 2 saturated carbocycles. The van der Waals surface area contributed by atoms with Crippen molar-refractivity contribution in [3.8, 4) is 0 Å². The van der Waals surface area contributed by atoms with Crippen LogP contribution in [0.4, 0.5) is 0 Å². The second kappa shape index (κ2) is 4.22. The van der Waals surface area contributed by atoms with Crippen molar-refractivity contribution in [3.05, 3.63) is 11.7 Å². The van der Waals surface area contributed by atoms with Gasteiger partial charge in [0.05, 0.1) is 6.04 Å². The Labute approximate surface area is 99.8 Å². The van der Waals surface area contributed by atoms with Crippen LogP contribution in [-0.4, -0.2) is 22.0 Å². The normalized spacial score (nSPS) is 22.2. The highest BCUT2D eigenvalue weighted by atomic mass is 16.5. The van der Waals surface area contributed by atoms with E-state index in [1.807, 2.05) is 0 Å². The average molecular weight is 235 g/mol. The predicted molar refractivity (Wildman–Crippen MR) is 60.5 cm³/mol. The lowest BCUT2D eigenvalue weighted by molar-refractivity contribution is 0.0924. The van der Waals surface area contributed by atoms with Crippen molar-refractivity contribution in [3.63, 3.8) is 0 Å². The number of carbonyl (C=O) groups is 1. The van der Waals surface area contributed by atoms with Crippen LogP contribution in [0.1, 0.15) is 61.0 Å². The van der Waals surface area contributed by atoms with E-state index in [4.69, 9.17) is 10.3 Å². The van der Waals surface area contributed by atoms with Crippen LogP contribution in [0, 0.1) is 5.92 Å². The van der Waals surface area contributed by atoms with Gasteiger partial charge < -0.3 is 10.3 Å². The zero-order chi connectivity index (χ0) is 11.8. The molecule has 1 unspecified atom stereocenters. The summed E-state index contributed by atoms with van der Waals surface area (Å²) in [6.45, 7) is 0. The largest absolute Gasteiger partial charge is 0.339 e. The lowest BCUT2D eigenvalue weighted by atomic mass is 9.80. The van der Waals surface area contributed by atoms with Gasteiger partial charge in [-0.1, -0.05) is 24.4 Å². The Morgan fingerprint density at radius 2 is 2.18 bits per heavy atom. The molecule has 92 valence electrons. The number of hydrogen-bond acceptors (Lipinski definition) is 5. The van der Waals surface area contributed by atoms with E-state index in [1.54, 1.807) is 0 Å². The average Bonchev–Trinajstić information content (AvgIpc) is 3.01. The fraction of sp³-hybridized carbons (Fsp3) is 0.750.